The van der Waals surface area contributed by atoms with Crippen molar-refractivity contribution in [2.75, 3.05) is 32.7 Å². The molecule has 2 N–H and O–H groups in total. The summed E-state index contributed by atoms with van der Waals surface area (Å²) in [5.74, 6) is 0.345. The first kappa shape index (κ1) is 11.5. The minimum atomic E-state index is -0.180. The highest BCUT2D eigenvalue weighted by molar-refractivity contribution is 5.84. The normalized spacial score (nSPS) is 32.1. The second-order valence-electron chi connectivity index (χ2n) is 5.92. The zero-order valence-corrected chi connectivity index (χ0v) is 10.5. The summed E-state index contributed by atoms with van der Waals surface area (Å²) in [5, 5.41) is 0. The fourth-order valence-electron chi connectivity index (χ4n) is 3.62. The van der Waals surface area contributed by atoms with Crippen LogP contribution in [0.25, 0.3) is 0 Å². The molecule has 3 rings (SSSR count). The maximum absolute atomic E-state index is 12.5. The van der Waals surface area contributed by atoms with Gasteiger partial charge in [-0.05, 0) is 32.2 Å². The van der Waals surface area contributed by atoms with Gasteiger partial charge < -0.3 is 10.6 Å². The number of piperazine rings is 1. The molecule has 3 aliphatic rings. The van der Waals surface area contributed by atoms with Crippen LogP contribution in [0.3, 0.4) is 0 Å². The summed E-state index contributed by atoms with van der Waals surface area (Å²) in [6.07, 6.45) is 5.75. The lowest BCUT2D eigenvalue weighted by molar-refractivity contribution is -0.149. The maximum Gasteiger partial charge on any atom is 0.230 e. The first-order valence-electron chi connectivity index (χ1n) is 6.99. The third-order valence-electron chi connectivity index (χ3n) is 5.03. The summed E-state index contributed by atoms with van der Waals surface area (Å²) in [6, 6.07) is 0.627. The van der Waals surface area contributed by atoms with Crippen molar-refractivity contribution >= 4 is 5.91 Å². The molecule has 0 aromatic rings. The molecule has 2 saturated heterocycles. The van der Waals surface area contributed by atoms with E-state index in [2.05, 4.69) is 9.80 Å². The summed E-state index contributed by atoms with van der Waals surface area (Å²) in [4.78, 5) is 17.2. The largest absolute Gasteiger partial charge is 0.339 e. The number of fused-ring (bicyclic) bond motifs is 1. The standard InChI is InChI=1S/C13H23N3O/c14-10-13(4-2-5-13)12(17)16-8-7-15-6-1-3-11(15)9-16/h11H,1-10,14H2. The van der Waals surface area contributed by atoms with Crippen molar-refractivity contribution in [1.82, 2.24) is 9.80 Å². The lowest BCUT2D eigenvalue weighted by atomic mass is 9.67. The van der Waals surface area contributed by atoms with Gasteiger partial charge in [0.25, 0.3) is 0 Å². The van der Waals surface area contributed by atoms with Crippen molar-refractivity contribution in [3.05, 3.63) is 0 Å². The highest BCUT2D eigenvalue weighted by atomic mass is 16.2. The Balaban J connectivity index is 1.66. The fraction of sp³-hybridized carbons (Fsp3) is 0.923. The Hall–Kier alpha value is -0.610. The van der Waals surface area contributed by atoms with E-state index in [0.717, 1.165) is 32.5 Å². The number of carbonyl (C=O) groups is 1. The van der Waals surface area contributed by atoms with Gasteiger partial charge in [0.15, 0.2) is 0 Å². The number of nitrogens with two attached hydrogens (primary N) is 1. The predicted octanol–water partition coefficient (Wildman–Crippen LogP) is 0.422. The van der Waals surface area contributed by atoms with Crippen molar-refractivity contribution in [1.29, 1.82) is 0 Å². The van der Waals surface area contributed by atoms with Crippen molar-refractivity contribution < 1.29 is 4.79 Å². The molecule has 0 spiro atoms. The SMILES string of the molecule is NCC1(C(=O)N2CCN3CCCC3C2)CCC1. The first-order chi connectivity index (χ1) is 8.25. The average molecular weight is 237 g/mol. The van der Waals surface area contributed by atoms with E-state index in [1.54, 1.807) is 0 Å². The molecular weight excluding hydrogens is 214 g/mol. The molecule has 0 aromatic heterocycles. The lowest BCUT2D eigenvalue weighted by Gasteiger charge is -2.46. The summed E-state index contributed by atoms with van der Waals surface area (Å²) >= 11 is 0. The predicted molar refractivity (Wildman–Crippen MR) is 66.5 cm³/mol. The Bertz CT molecular complexity index is 308. The van der Waals surface area contributed by atoms with E-state index < -0.39 is 0 Å². The van der Waals surface area contributed by atoms with Crippen LogP contribution >= 0.6 is 0 Å². The minimum Gasteiger partial charge on any atom is -0.339 e. The molecule has 1 unspecified atom stereocenters. The van der Waals surface area contributed by atoms with Crippen molar-refractivity contribution in [2.45, 2.75) is 38.1 Å². The van der Waals surface area contributed by atoms with Crippen LogP contribution in [0.5, 0.6) is 0 Å². The number of rotatable bonds is 2. The van der Waals surface area contributed by atoms with E-state index in [0.29, 0.717) is 18.5 Å². The van der Waals surface area contributed by atoms with Crippen LogP contribution < -0.4 is 5.73 Å². The summed E-state index contributed by atoms with van der Waals surface area (Å²) in [7, 11) is 0. The molecule has 4 nitrogen and oxygen atoms in total. The molecule has 0 aromatic carbocycles. The number of hydrogen-bond donors (Lipinski definition) is 1. The molecule has 3 fully saturated rings. The second kappa shape index (κ2) is 4.25. The number of carbonyl (C=O) groups excluding carboxylic acids is 1. The summed E-state index contributed by atoms with van der Waals surface area (Å²) in [5.41, 5.74) is 5.65. The Labute approximate surface area is 103 Å². The zero-order valence-electron chi connectivity index (χ0n) is 10.5. The quantitative estimate of drug-likeness (QED) is 0.757. The van der Waals surface area contributed by atoms with Crippen LogP contribution in [-0.2, 0) is 4.79 Å². The van der Waals surface area contributed by atoms with E-state index in [1.165, 1.54) is 25.8 Å². The van der Waals surface area contributed by atoms with E-state index >= 15 is 0 Å². The van der Waals surface area contributed by atoms with Crippen LogP contribution in [0.2, 0.25) is 0 Å². The molecule has 1 aliphatic carbocycles. The molecule has 2 aliphatic heterocycles. The molecule has 1 amide bonds. The van der Waals surface area contributed by atoms with Gasteiger partial charge in [-0.1, -0.05) is 6.42 Å². The van der Waals surface area contributed by atoms with Gasteiger partial charge >= 0.3 is 0 Å². The van der Waals surface area contributed by atoms with Gasteiger partial charge in [-0.25, -0.2) is 0 Å². The smallest absolute Gasteiger partial charge is 0.230 e. The molecule has 96 valence electrons. The molecule has 2 heterocycles. The van der Waals surface area contributed by atoms with Gasteiger partial charge in [-0.2, -0.15) is 0 Å². The van der Waals surface area contributed by atoms with Gasteiger partial charge in [0.2, 0.25) is 5.91 Å². The van der Waals surface area contributed by atoms with Gasteiger partial charge in [0, 0.05) is 32.2 Å². The molecule has 1 atom stereocenters. The topological polar surface area (TPSA) is 49.6 Å². The van der Waals surface area contributed by atoms with Crippen LogP contribution in [0.4, 0.5) is 0 Å². The van der Waals surface area contributed by atoms with Gasteiger partial charge in [0.05, 0.1) is 5.41 Å². The Morgan fingerprint density at radius 2 is 2.06 bits per heavy atom. The second-order valence-corrected chi connectivity index (χ2v) is 5.92. The van der Waals surface area contributed by atoms with Crippen LogP contribution in [-0.4, -0.2) is 54.5 Å². The molecule has 4 heteroatoms. The van der Waals surface area contributed by atoms with Gasteiger partial charge in [0.1, 0.15) is 0 Å². The highest BCUT2D eigenvalue weighted by Crippen LogP contribution is 2.42. The Kier molecular flexibility index (Phi) is 2.87. The van der Waals surface area contributed by atoms with Crippen molar-refractivity contribution in [3.63, 3.8) is 0 Å². The van der Waals surface area contributed by atoms with Crippen molar-refractivity contribution in [2.24, 2.45) is 11.1 Å². The highest BCUT2D eigenvalue weighted by Gasteiger charge is 2.46. The minimum absolute atomic E-state index is 0.180. The van der Waals surface area contributed by atoms with E-state index in [9.17, 15) is 4.79 Å². The number of nitrogens with zero attached hydrogens (tertiary/aromatic N) is 2. The van der Waals surface area contributed by atoms with Gasteiger partial charge in [-0.3, -0.25) is 9.69 Å². The van der Waals surface area contributed by atoms with Gasteiger partial charge in [-0.15, -0.1) is 0 Å². The number of amides is 1. The first-order valence-corrected chi connectivity index (χ1v) is 6.99. The fourth-order valence-corrected chi connectivity index (χ4v) is 3.62. The van der Waals surface area contributed by atoms with E-state index in [4.69, 9.17) is 5.73 Å². The molecular formula is C13H23N3O. The summed E-state index contributed by atoms with van der Waals surface area (Å²) < 4.78 is 0. The Morgan fingerprint density at radius 3 is 2.71 bits per heavy atom. The van der Waals surface area contributed by atoms with Crippen LogP contribution in [0.1, 0.15) is 32.1 Å². The molecule has 1 saturated carbocycles. The van der Waals surface area contributed by atoms with E-state index in [-0.39, 0.29) is 5.41 Å². The monoisotopic (exact) mass is 237 g/mol. The maximum atomic E-state index is 12.5. The van der Waals surface area contributed by atoms with Crippen LogP contribution in [0.15, 0.2) is 0 Å². The molecule has 0 radical (unpaired) electrons. The average Bonchev–Trinajstić information content (AvgIpc) is 2.74. The van der Waals surface area contributed by atoms with E-state index in [1.807, 2.05) is 0 Å². The third-order valence-corrected chi connectivity index (χ3v) is 5.03. The molecule has 0 bridgehead atoms. The van der Waals surface area contributed by atoms with Crippen LogP contribution in [0, 0.1) is 5.41 Å². The molecule has 17 heavy (non-hydrogen) atoms. The summed E-state index contributed by atoms with van der Waals surface area (Å²) in [6.45, 7) is 4.69. The zero-order chi connectivity index (χ0) is 11.9. The number of hydrogen-bond acceptors (Lipinski definition) is 3. The Morgan fingerprint density at radius 1 is 1.24 bits per heavy atom. The third kappa shape index (κ3) is 1.78. The lowest BCUT2D eigenvalue weighted by Crippen LogP contribution is -2.58. The van der Waals surface area contributed by atoms with Crippen molar-refractivity contribution in [3.8, 4) is 0 Å².